The second kappa shape index (κ2) is 8.21. The molecule has 1 aromatic carbocycles. The number of urea groups is 1. The Labute approximate surface area is 198 Å². The number of hydrogen-bond acceptors (Lipinski definition) is 6. The van der Waals surface area contributed by atoms with Crippen molar-refractivity contribution in [2.24, 2.45) is 0 Å². The summed E-state index contributed by atoms with van der Waals surface area (Å²) in [6, 6.07) is 4.36. The molecule has 1 N–H and O–H groups in total. The second-order valence-electron chi connectivity index (χ2n) is 9.65. The number of ether oxygens (including phenoxy) is 1. The van der Waals surface area contributed by atoms with Gasteiger partial charge in [-0.25, -0.2) is 4.79 Å². The third kappa shape index (κ3) is 4.03. The maximum Gasteiger partial charge on any atom is 0.471 e. The van der Waals surface area contributed by atoms with E-state index in [4.69, 9.17) is 4.74 Å². The first kappa shape index (κ1) is 22.3. The molecule has 9 nitrogen and oxygen atoms in total. The Morgan fingerprint density at radius 1 is 1.14 bits per heavy atom. The molecule has 4 unspecified atom stereocenters. The van der Waals surface area contributed by atoms with E-state index in [1.54, 1.807) is 21.9 Å². The summed E-state index contributed by atoms with van der Waals surface area (Å²) in [6.07, 6.45) is -0.0279. The SMILES string of the molecule is O=C(NC1CCCCC1N1Cc2ccc(-c3noc(C(F)(F)F)n3)cc2C1=O)N1CC2CC(C1)O2. The van der Waals surface area contributed by atoms with Crippen molar-refractivity contribution in [2.75, 3.05) is 13.1 Å². The molecule has 1 aromatic heterocycles. The molecule has 4 atom stereocenters. The fraction of sp³-hybridized carbons (Fsp3) is 0.565. The number of carbonyl (C=O) groups is 2. The molecule has 5 heterocycles. The van der Waals surface area contributed by atoms with Gasteiger partial charge in [-0.1, -0.05) is 30.1 Å². The minimum atomic E-state index is -4.74. The number of aromatic nitrogens is 2. The van der Waals surface area contributed by atoms with Crippen LogP contribution in [0.3, 0.4) is 0 Å². The van der Waals surface area contributed by atoms with Crippen LogP contribution in [0.2, 0.25) is 0 Å². The number of benzene rings is 1. The molecule has 35 heavy (non-hydrogen) atoms. The lowest BCUT2D eigenvalue weighted by molar-refractivity contribution is -0.170. The molecule has 4 fully saturated rings. The van der Waals surface area contributed by atoms with Gasteiger partial charge >= 0.3 is 18.1 Å². The number of rotatable bonds is 3. The summed E-state index contributed by atoms with van der Waals surface area (Å²) < 4.78 is 48.4. The summed E-state index contributed by atoms with van der Waals surface area (Å²) in [6.45, 7) is 1.55. The lowest BCUT2D eigenvalue weighted by Gasteiger charge is -2.47. The standard InChI is InChI=1S/C23H24F3N5O4/c24-23(25,26)21-28-19(29-35-21)12-5-6-13-9-31(20(32)16(13)7-12)18-4-2-1-3-17(18)27-22(33)30-10-14-8-15(11-30)34-14/h5-7,14-15,17-18H,1-4,8-11H2,(H,27,33). The molecule has 2 aromatic rings. The van der Waals surface area contributed by atoms with Crippen molar-refractivity contribution >= 4 is 11.9 Å². The number of morpholine rings is 1. The number of hydrogen-bond donors (Lipinski definition) is 1. The van der Waals surface area contributed by atoms with Crippen LogP contribution >= 0.6 is 0 Å². The molecule has 7 rings (SSSR count). The predicted octanol–water partition coefficient (Wildman–Crippen LogP) is 3.21. The van der Waals surface area contributed by atoms with Gasteiger partial charge in [0.1, 0.15) is 0 Å². The van der Waals surface area contributed by atoms with E-state index < -0.39 is 12.1 Å². The number of fused-ring (bicyclic) bond motifs is 3. The zero-order chi connectivity index (χ0) is 24.3. The smallest absolute Gasteiger partial charge is 0.371 e. The summed E-state index contributed by atoms with van der Waals surface area (Å²) in [5.74, 6) is -1.86. The number of piperidine rings is 1. The van der Waals surface area contributed by atoms with Crippen molar-refractivity contribution in [2.45, 2.75) is 69.1 Å². The lowest BCUT2D eigenvalue weighted by Crippen LogP contribution is -2.63. The third-order valence-corrected chi connectivity index (χ3v) is 7.35. The van der Waals surface area contributed by atoms with E-state index in [9.17, 15) is 22.8 Å². The van der Waals surface area contributed by atoms with Crippen molar-refractivity contribution in [1.29, 1.82) is 0 Å². The van der Waals surface area contributed by atoms with Crippen LogP contribution in [0, 0.1) is 0 Å². The molecule has 12 heteroatoms. The minimum Gasteiger partial charge on any atom is -0.371 e. The number of halogens is 3. The van der Waals surface area contributed by atoms with E-state index in [0.29, 0.717) is 25.2 Å². The lowest BCUT2D eigenvalue weighted by atomic mass is 9.89. The first-order valence-electron chi connectivity index (χ1n) is 11.8. The summed E-state index contributed by atoms with van der Waals surface area (Å²) >= 11 is 0. The fourth-order valence-electron chi connectivity index (χ4n) is 5.61. The topological polar surface area (TPSA) is 101 Å². The van der Waals surface area contributed by atoms with Gasteiger partial charge < -0.3 is 24.4 Å². The number of amides is 3. The van der Waals surface area contributed by atoms with Crippen LogP contribution in [0.5, 0.6) is 0 Å². The van der Waals surface area contributed by atoms with Gasteiger partial charge in [0.25, 0.3) is 5.91 Å². The van der Waals surface area contributed by atoms with Gasteiger partial charge in [0.15, 0.2) is 0 Å². The number of carbonyl (C=O) groups excluding carboxylic acids is 2. The normalized spacial score (nSPS) is 28.0. The summed E-state index contributed by atoms with van der Waals surface area (Å²) in [4.78, 5) is 33.3. The second-order valence-corrected chi connectivity index (χ2v) is 9.65. The maximum absolute atomic E-state index is 13.4. The first-order valence-corrected chi connectivity index (χ1v) is 11.8. The molecule has 0 radical (unpaired) electrons. The summed E-state index contributed by atoms with van der Waals surface area (Å²) in [5.41, 5.74) is 1.46. The van der Waals surface area contributed by atoms with Crippen molar-refractivity contribution < 1.29 is 32.0 Å². The van der Waals surface area contributed by atoms with Crippen LogP contribution < -0.4 is 5.32 Å². The Morgan fingerprint density at radius 2 is 1.89 bits per heavy atom. The highest BCUT2D eigenvalue weighted by atomic mass is 19.4. The monoisotopic (exact) mass is 491 g/mol. The van der Waals surface area contributed by atoms with E-state index in [0.717, 1.165) is 37.7 Å². The van der Waals surface area contributed by atoms with Gasteiger partial charge in [0, 0.05) is 37.2 Å². The van der Waals surface area contributed by atoms with Crippen molar-refractivity contribution in [1.82, 2.24) is 25.3 Å². The Hall–Kier alpha value is -3.15. The van der Waals surface area contributed by atoms with E-state index in [2.05, 4.69) is 20.0 Å². The van der Waals surface area contributed by atoms with Gasteiger partial charge in [-0.15, -0.1) is 0 Å². The molecule has 1 aliphatic carbocycles. The maximum atomic E-state index is 13.4. The Bertz CT molecular complexity index is 1150. The van der Waals surface area contributed by atoms with Crippen LogP contribution in [-0.4, -0.2) is 69.3 Å². The van der Waals surface area contributed by atoms with Crippen molar-refractivity contribution in [3.63, 3.8) is 0 Å². The Morgan fingerprint density at radius 3 is 2.60 bits per heavy atom. The predicted molar refractivity (Wildman–Crippen MR) is 114 cm³/mol. The Balaban J connectivity index is 1.18. The molecular formula is C23H24F3N5O4. The largest absolute Gasteiger partial charge is 0.471 e. The van der Waals surface area contributed by atoms with Crippen molar-refractivity contribution in [3.05, 3.63) is 35.2 Å². The first-order chi connectivity index (χ1) is 16.8. The van der Waals surface area contributed by atoms with E-state index in [1.807, 2.05) is 0 Å². The Kier molecular flexibility index (Phi) is 5.24. The van der Waals surface area contributed by atoms with Crippen LogP contribution in [0.1, 0.15) is 53.9 Å². The zero-order valence-corrected chi connectivity index (χ0v) is 18.8. The molecule has 4 aliphatic heterocycles. The molecule has 5 aliphatic rings. The third-order valence-electron chi connectivity index (χ3n) is 7.35. The average molecular weight is 491 g/mol. The van der Waals surface area contributed by atoms with Gasteiger partial charge in [-0.3, -0.25) is 4.79 Å². The summed E-state index contributed by atoms with van der Waals surface area (Å²) in [7, 11) is 0. The van der Waals surface area contributed by atoms with Crippen LogP contribution in [0.4, 0.5) is 18.0 Å². The fourth-order valence-corrected chi connectivity index (χ4v) is 5.61. The molecule has 186 valence electrons. The highest BCUT2D eigenvalue weighted by Crippen LogP contribution is 2.35. The number of nitrogens with one attached hydrogen (secondary N) is 1. The van der Waals surface area contributed by atoms with Crippen LogP contribution in [-0.2, 0) is 17.5 Å². The molecule has 3 amide bonds. The van der Waals surface area contributed by atoms with Gasteiger partial charge in [0.2, 0.25) is 5.82 Å². The van der Waals surface area contributed by atoms with Crippen LogP contribution in [0.15, 0.2) is 22.7 Å². The van der Waals surface area contributed by atoms with E-state index in [1.165, 1.54) is 6.07 Å². The summed E-state index contributed by atoms with van der Waals surface area (Å²) in [5, 5.41) is 6.57. The molecule has 1 saturated carbocycles. The highest BCUT2D eigenvalue weighted by Gasteiger charge is 2.43. The molecule has 3 saturated heterocycles. The molecular weight excluding hydrogens is 467 g/mol. The van der Waals surface area contributed by atoms with Crippen molar-refractivity contribution in [3.8, 4) is 11.4 Å². The van der Waals surface area contributed by atoms with Gasteiger partial charge in [-0.05, 0) is 24.5 Å². The van der Waals surface area contributed by atoms with E-state index >= 15 is 0 Å². The highest BCUT2D eigenvalue weighted by molar-refractivity contribution is 5.99. The number of alkyl halides is 3. The van der Waals surface area contributed by atoms with Crippen LogP contribution in [0.25, 0.3) is 11.4 Å². The average Bonchev–Trinajstić information content (AvgIpc) is 3.44. The van der Waals surface area contributed by atoms with E-state index in [-0.39, 0.29) is 47.6 Å². The molecule has 0 spiro atoms. The quantitative estimate of drug-likeness (QED) is 0.708. The minimum absolute atomic E-state index is 0.121. The zero-order valence-electron chi connectivity index (χ0n) is 18.8. The number of nitrogens with zero attached hydrogens (tertiary/aromatic N) is 4. The van der Waals surface area contributed by atoms with Gasteiger partial charge in [-0.2, -0.15) is 18.2 Å². The molecule has 2 bridgehead atoms. The van der Waals surface area contributed by atoms with Gasteiger partial charge in [0.05, 0.1) is 24.3 Å².